The average Bonchev–Trinajstić information content (AvgIpc) is 3.70. The van der Waals surface area contributed by atoms with Gasteiger partial charge in [-0.05, 0) is 72.1 Å². The highest BCUT2D eigenvalue weighted by Gasteiger charge is 2.42. The molecule has 0 spiro atoms. The minimum atomic E-state index is -1.12. The van der Waals surface area contributed by atoms with E-state index < -0.39 is 24.2 Å². The second-order valence-corrected chi connectivity index (χ2v) is 10.1. The molecular formula is C26H33IN2O7. The van der Waals surface area contributed by atoms with Gasteiger partial charge >= 0.3 is 0 Å². The van der Waals surface area contributed by atoms with Crippen molar-refractivity contribution in [3.8, 4) is 11.5 Å². The number of aliphatic hydroxyl groups is 2. The first-order valence-electron chi connectivity index (χ1n) is 12.1. The standard InChI is InChI=1S/C26H33IN2O7/c1-3-4-5-23(32)29(14-16-6-7-16)20-12-18(26(34)28-8-9-30)13-21(24(20)33)36-25-19(27)10-17(15-31)11-22(25)35-2/h4-5,10-11,13,15-16,20-21,24,30,33H,3,6-9,12,14H2,1-2H3,(H,28,34)/t20-,21+,24+/m1/s1. The van der Waals surface area contributed by atoms with E-state index >= 15 is 0 Å². The maximum Gasteiger partial charge on any atom is 0.247 e. The summed E-state index contributed by atoms with van der Waals surface area (Å²) in [6.07, 6.45) is 6.34. The van der Waals surface area contributed by atoms with Gasteiger partial charge in [0.25, 0.3) is 0 Å². The topological polar surface area (TPSA) is 125 Å². The number of amides is 2. The van der Waals surface area contributed by atoms with Crippen molar-refractivity contribution in [2.45, 2.75) is 50.9 Å². The zero-order valence-electron chi connectivity index (χ0n) is 20.5. The molecule has 0 saturated heterocycles. The van der Waals surface area contributed by atoms with Crippen molar-refractivity contribution in [2.75, 3.05) is 26.8 Å². The van der Waals surface area contributed by atoms with Gasteiger partial charge in [-0.15, -0.1) is 0 Å². The van der Waals surface area contributed by atoms with E-state index in [1.807, 2.05) is 29.5 Å². The fraction of sp³-hybridized carbons (Fsp3) is 0.500. The first-order valence-corrected chi connectivity index (χ1v) is 13.1. The van der Waals surface area contributed by atoms with Gasteiger partial charge in [-0.3, -0.25) is 14.4 Å². The van der Waals surface area contributed by atoms with E-state index in [1.165, 1.54) is 19.3 Å². The molecule has 1 fully saturated rings. The van der Waals surface area contributed by atoms with Crippen molar-refractivity contribution in [1.82, 2.24) is 10.2 Å². The first-order chi connectivity index (χ1) is 17.3. The van der Waals surface area contributed by atoms with Crippen LogP contribution in [-0.2, 0) is 9.59 Å². The lowest BCUT2D eigenvalue weighted by Crippen LogP contribution is -2.55. The Morgan fingerprint density at radius 1 is 1.31 bits per heavy atom. The molecule has 3 rings (SSSR count). The quantitative estimate of drug-likeness (QED) is 0.188. The average molecular weight is 612 g/mol. The van der Waals surface area contributed by atoms with Crippen LogP contribution < -0.4 is 14.8 Å². The predicted octanol–water partition coefficient (Wildman–Crippen LogP) is 2.23. The van der Waals surface area contributed by atoms with Crippen LogP contribution in [0.3, 0.4) is 0 Å². The van der Waals surface area contributed by atoms with Crippen molar-refractivity contribution in [1.29, 1.82) is 0 Å². The Labute approximate surface area is 224 Å². The van der Waals surface area contributed by atoms with Crippen molar-refractivity contribution in [2.24, 2.45) is 5.92 Å². The number of aldehydes is 1. The molecule has 0 unspecified atom stereocenters. The van der Waals surface area contributed by atoms with Crippen LogP contribution in [-0.4, -0.2) is 78.3 Å². The minimum Gasteiger partial charge on any atom is -0.493 e. The summed E-state index contributed by atoms with van der Waals surface area (Å²) in [6, 6.07) is 2.48. The Balaban J connectivity index is 1.98. The molecule has 2 amide bonds. The van der Waals surface area contributed by atoms with Crippen molar-refractivity contribution < 1.29 is 34.1 Å². The third kappa shape index (κ3) is 7.07. The van der Waals surface area contributed by atoms with Gasteiger partial charge in [0.1, 0.15) is 18.5 Å². The number of nitrogens with zero attached hydrogens (tertiary/aromatic N) is 1. The fourth-order valence-electron chi connectivity index (χ4n) is 4.12. The van der Waals surface area contributed by atoms with E-state index in [9.17, 15) is 19.5 Å². The van der Waals surface area contributed by atoms with Crippen LogP contribution in [0.2, 0.25) is 0 Å². The van der Waals surface area contributed by atoms with E-state index in [-0.39, 0.29) is 25.5 Å². The molecule has 10 heteroatoms. The molecule has 0 aromatic heterocycles. The van der Waals surface area contributed by atoms with E-state index in [0.717, 1.165) is 12.8 Å². The maximum absolute atomic E-state index is 13.1. The third-order valence-corrected chi connectivity index (χ3v) is 6.99. The number of nitrogens with one attached hydrogen (secondary N) is 1. The molecule has 2 aliphatic rings. The van der Waals surface area contributed by atoms with Crippen molar-refractivity contribution in [3.63, 3.8) is 0 Å². The molecule has 0 radical (unpaired) electrons. The van der Waals surface area contributed by atoms with Crippen LogP contribution in [0.5, 0.6) is 11.5 Å². The Morgan fingerprint density at radius 2 is 2.06 bits per heavy atom. The third-order valence-electron chi connectivity index (χ3n) is 6.19. The first kappa shape index (κ1) is 28.1. The van der Waals surface area contributed by atoms with E-state index in [0.29, 0.717) is 51.4 Å². The molecule has 1 saturated carbocycles. The van der Waals surface area contributed by atoms with E-state index in [1.54, 1.807) is 23.1 Å². The highest BCUT2D eigenvalue weighted by Crippen LogP contribution is 2.38. The second kappa shape index (κ2) is 13.2. The molecule has 2 aliphatic carbocycles. The molecular weight excluding hydrogens is 579 g/mol. The summed E-state index contributed by atoms with van der Waals surface area (Å²) in [6.45, 7) is 2.29. The number of aliphatic hydroxyl groups excluding tert-OH is 2. The molecule has 0 bridgehead atoms. The SMILES string of the molecule is CCC=CC(=O)N(CC1CC1)[C@@H]1CC(C(=O)NCCO)=C[C@H](Oc2c(I)cc(C=O)cc2OC)[C@H]1O. The van der Waals surface area contributed by atoms with Crippen LogP contribution in [0.15, 0.2) is 35.9 Å². The molecule has 0 aliphatic heterocycles. The summed E-state index contributed by atoms with van der Waals surface area (Å²) in [4.78, 5) is 38.9. The zero-order chi connectivity index (χ0) is 26.2. The summed E-state index contributed by atoms with van der Waals surface area (Å²) >= 11 is 2.02. The molecule has 3 atom stereocenters. The van der Waals surface area contributed by atoms with Crippen LogP contribution in [0.1, 0.15) is 43.0 Å². The zero-order valence-corrected chi connectivity index (χ0v) is 22.6. The normalized spacial score (nSPS) is 21.6. The molecule has 1 aromatic rings. The number of carbonyl (C=O) groups is 3. The smallest absolute Gasteiger partial charge is 0.247 e. The Kier molecular flexibility index (Phi) is 10.3. The highest BCUT2D eigenvalue weighted by atomic mass is 127. The Morgan fingerprint density at radius 3 is 2.67 bits per heavy atom. The van der Waals surface area contributed by atoms with Crippen molar-refractivity contribution >= 4 is 40.7 Å². The minimum absolute atomic E-state index is 0.0811. The summed E-state index contributed by atoms with van der Waals surface area (Å²) in [5.74, 6) is 0.395. The summed E-state index contributed by atoms with van der Waals surface area (Å²) in [5.41, 5.74) is 0.768. The number of rotatable bonds is 12. The Hall–Kier alpha value is -2.44. The molecule has 0 heterocycles. The lowest BCUT2D eigenvalue weighted by atomic mass is 9.88. The van der Waals surface area contributed by atoms with Crippen LogP contribution in [0, 0.1) is 9.49 Å². The highest BCUT2D eigenvalue weighted by molar-refractivity contribution is 14.1. The molecule has 9 nitrogen and oxygen atoms in total. The molecule has 36 heavy (non-hydrogen) atoms. The summed E-state index contributed by atoms with van der Waals surface area (Å²) < 4.78 is 12.2. The number of carbonyl (C=O) groups excluding carboxylic acids is 3. The van der Waals surface area contributed by atoms with Crippen molar-refractivity contribution in [3.05, 3.63) is 45.1 Å². The van der Waals surface area contributed by atoms with Crippen LogP contribution in [0.4, 0.5) is 0 Å². The lowest BCUT2D eigenvalue weighted by Gasteiger charge is -2.40. The second-order valence-electron chi connectivity index (χ2n) is 8.91. The molecule has 1 aromatic carbocycles. The van der Waals surface area contributed by atoms with Gasteiger partial charge in [0.15, 0.2) is 11.5 Å². The van der Waals surface area contributed by atoms with E-state index in [4.69, 9.17) is 14.6 Å². The van der Waals surface area contributed by atoms with Gasteiger partial charge in [-0.2, -0.15) is 0 Å². The molecule has 3 N–H and O–H groups in total. The monoisotopic (exact) mass is 612 g/mol. The van der Waals surface area contributed by atoms with E-state index in [2.05, 4.69) is 5.32 Å². The number of halogens is 1. The van der Waals surface area contributed by atoms with Crippen LogP contribution >= 0.6 is 22.6 Å². The number of methoxy groups -OCH3 is 1. The number of benzene rings is 1. The van der Waals surface area contributed by atoms with Gasteiger partial charge in [-0.1, -0.05) is 13.0 Å². The van der Waals surface area contributed by atoms with Gasteiger partial charge < -0.3 is 29.9 Å². The largest absolute Gasteiger partial charge is 0.493 e. The number of hydrogen-bond acceptors (Lipinski definition) is 7. The summed E-state index contributed by atoms with van der Waals surface area (Å²) in [5, 5.41) is 23.2. The number of hydrogen-bond donors (Lipinski definition) is 3. The Bertz CT molecular complexity index is 1020. The summed E-state index contributed by atoms with van der Waals surface area (Å²) in [7, 11) is 1.45. The van der Waals surface area contributed by atoms with Crippen LogP contribution in [0.25, 0.3) is 0 Å². The number of ether oxygens (including phenoxy) is 2. The van der Waals surface area contributed by atoms with Gasteiger partial charge in [-0.25, -0.2) is 0 Å². The number of allylic oxidation sites excluding steroid dienone is 1. The van der Waals surface area contributed by atoms with Gasteiger partial charge in [0.2, 0.25) is 11.8 Å². The predicted molar refractivity (Wildman–Crippen MR) is 142 cm³/mol. The van der Waals surface area contributed by atoms with Gasteiger partial charge in [0, 0.05) is 30.6 Å². The molecule has 196 valence electrons. The van der Waals surface area contributed by atoms with Gasteiger partial charge in [0.05, 0.1) is 23.3 Å². The lowest BCUT2D eigenvalue weighted by molar-refractivity contribution is -0.133. The maximum atomic E-state index is 13.1. The fourth-order valence-corrected chi connectivity index (χ4v) is 4.87.